The van der Waals surface area contributed by atoms with E-state index in [1.54, 1.807) is 0 Å². The number of hydrogen-bond donors (Lipinski definition) is 1. The highest BCUT2D eigenvalue weighted by Crippen LogP contribution is 2.15. The fourth-order valence-corrected chi connectivity index (χ4v) is 3.30. The van der Waals surface area contributed by atoms with Crippen LogP contribution < -0.4 is 10.3 Å². The molecule has 1 aliphatic rings. The quantitative estimate of drug-likeness (QED) is 0.613. The first kappa shape index (κ1) is 19.4. The lowest BCUT2D eigenvalue weighted by molar-refractivity contribution is -0.121. The maximum atomic E-state index is 12.1. The van der Waals surface area contributed by atoms with Crippen molar-refractivity contribution in [1.29, 1.82) is 0 Å². The van der Waals surface area contributed by atoms with E-state index < -0.39 is 0 Å². The molecule has 1 heterocycles. The topological polar surface area (TPSA) is 47.9 Å². The summed E-state index contributed by atoms with van der Waals surface area (Å²) in [4.78, 5) is 16.8. The third-order valence-electron chi connectivity index (χ3n) is 4.74. The number of hydrazone groups is 1. The number of halogens is 1. The second-order valence-electron chi connectivity index (χ2n) is 6.66. The number of hydrogen-bond acceptors (Lipinski definition) is 4. The van der Waals surface area contributed by atoms with Crippen LogP contribution in [0.25, 0.3) is 0 Å². The van der Waals surface area contributed by atoms with Crippen molar-refractivity contribution in [3.8, 4) is 0 Å². The molecular formula is C21H25ClN4O. The number of anilines is 1. The predicted molar refractivity (Wildman–Crippen MR) is 112 cm³/mol. The van der Waals surface area contributed by atoms with Crippen LogP contribution in [0.4, 0.5) is 5.69 Å². The Morgan fingerprint density at radius 3 is 2.52 bits per heavy atom. The van der Waals surface area contributed by atoms with Crippen LogP contribution in [0.5, 0.6) is 0 Å². The molecule has 3 rings (SSSR count). The highest BCUT2D eigenvalue weighted by atomic mass is 35.5. The molecule has 2 aromatic rings. The number of nitrogens with zero attached hydrogens (tertiary/aromatic N) is 3. The Morgan fingerprint density at radius 1 is 1.07 bits per heavy atom. The number of para-hydroxylation sites is 1. The van der Waals surface area contributed by atoms with E-state index in [2.05, 4.69) is 44.6 Å². The fourth-order valence-electron chi connectivity index (χ4n) is 3.11. The van der Waals surface area contributed by atoms with Crippen LogP contribution in [-0.4, -0.2) is 49.2 Å². The van der Waals surface area contributed by atoms with Crippen LogP contribution in [-0.2, 0) is 4.79 Å². The molecule has 27 heavy (non-hydrogen) atoms. The van der Waals surface area contributed by atoms with Crippen LogP contribution in [0, 0.1) is 0 Å². The normalized spacial score (nSPS) is 15.6. The Kier molecular flexibility index (Phi) is 6.85. The van der Waals surface area contributed by atoms with Crippen molar-refractivity contribution < 1.29 is 4.79 Å². The molecule has 1 N–H and O–H groups in total. The summed E-state index contributed by atoms with van der Waals surface area (Å²) in [5, 5.41) is 4.84. The Morgan fingerprint density at radius 2 is 1.81 bits per heavy atom. The molecule has 2 aromatic carbocycles. The Balaban J connectivity index is 1.40. The van der Waals surface area contributed by atoms with Gasteiger partial charge in [-0.1, -0.05) is 41.9 Å². The first-order valence-electron chi connectivity index (χ1n) is 9.23. The third kappa shape index (κ3) is 5.81. The number of rotatable bonds is 6. The minimum absolute atomic E-state index is 0.0677. The first-order valence-corrected chi connectivity index (χ1v) is 9.61. The maximum absolute atomic E-state index is 12.1. The van der Waals surface area contributed by atoms with Crippen LogP contribution >= 0.6 is 11.6 Å². The second kappa shape index (κ2) is 9.53. The lowest BCUT2D eigenvalue weighted by Crippen LogP contribution is -2.47. The van der Waals surface area contributed by atoms with Crippen molar-refractivity contribution in [3.05, 3.63) is 65.2 Å². The lowest BCUT2D eigenvalue weighted by Gasteiger charge is -2.36. The molecule has 1 amide bonds. The molecule has 1 fully saturated rings. The van der Waals surface area contributed by atoms with Crippen LogP contribution in [0.15, 0.2) is 59.7 Å². The van der Waals surface area contributed by atoms with E-state index in [-0.39, 0.29) is 5.91 Å². The molecule has 0 aromatic heterocycles. The monoisotopic (exact) mass is 384 g/mol. The van der Waals surface area contributed by atoms with Crippen molar-refractivity contribution in [3.63, 3.8) is 0 Å². The summed E-state index contributed by atoms with van der Waals surface area (Å²) in [7, 11) is 0. The minimum Gasteiger partial charge on any atom is -0.369 e. The van der Waals surface area contributed by atoms with Crippen molar-refractivity contribution in [2.24, 2.45) is 5.10 Å². The van der Waals surface area contributed by atoms with Gasteiger partial charge in [-0.3, -0.25) is 9.69 Å². The standard InChI is InChI=1S/C21H25ClN4O/c1-17(18-6-5-7-19(22)16-18)23-24-21(27)10-11-25-12-14-26(15-13-25)20-8-3-2-4-9-20/h2-9,16H,10-15H2,1H3,(H,24,27)/b23-17-. The van der Waals surface area contributed by atoms with Gasteiger partial charge in [0, 0.05) is 49.9 Å². The van der Waals surface area contributed by atoms with Gasteiger partial charge in [0.1, 0.15) is 0 Å². The fraction of sp³-hybridized carbons (Fsp3) is 0.333. The molecule has 0 spiro atoms. The smallest absolute Gasteiger partial charge is 0.241 e. The maximum Gasteiger partial charge on any atom is 0.241 e. The summed E-state index contributed by atoms with van der Waals surface area (Å²) >= 11 is 5.99. The summed E-state index contributed by atoms with van der Waals surface area (Å²) < 4.78 is 0. The van der Waals surface area contributed by atoms with Crippen molar-refractivity contribution in [2.75, 3.05) is 37.6 Å². The molecule has 0 atom stereocenters. The van der Waals surface area contributed by atoms with Crippen molar-refractivity contribution >= 4 is 28.9 Å². The summed E-state index contributed by atoms with van der Waals surface area (Å²) in [6, 6.07) is 17.9. The molecule has 5 nitrogen and oxygen atoms in total. The molecule has 6 heteroatoms. The van der Waals surface area contributed by atoms with Gasteiger partial charge in [-0.2, -0.15) is 5.10 Å². The third-order valence-corrected chi connectivity index (χ3v) is 4.97. The Bertz CT molecular complexity index is 786. The van der Waals surface area contributed by atoms with Gasteiger partial charge in [0.15, 0.2) is 0 Å². The van der Waals surface area contributed by atoms with E-state index in [1.807, 2.05) is 37.3 Å². The molecule has 1 saturated heterocycles. The molecule has 0 saturated carbocycles. The average Bonchev–Trinajstić information content (AvgIpc) is 2.71. The largest absolute Gasteiger partial charge is 0.369 e. The number of piperazine rings is 1. The van der Waals surface area contributed by atoms with Crippen LogP contribution in [0.1, 0.15) is 18.9 Å². The van der Waals surface area contributed by atoms with Gasteiger partial charge < -0.3 is 4.90 Å². The van der Waals surface area contributed by atoms with Gasteiger partial charge in [0.2, 0.25) is 5.91 Å². The number of carbonyl (C=O) groups excluding carboxylic acids is 1. The van der Waals surface area contributed by atoms with Gasteiger partial charge in [0.25, 0.3) is 0 Å². The Hall–Kier alpha value is -2.37. The summed E-state index contributed by atoms with van der Waals surface area (Å²) in [6.45, 7) is 6.50. The zero-order chi connectivity index (χ0) is 19.1. The molecule has 0 bridgehead atoms. The van der Waals surface area contributed by atoms with E-state index in [4.69, 9.17) is 11.6 Å². The molecular weight excluding hydrogens is 360 g/mol. The summed E-state index contributed by atoms with van der Waals surface area (Å²) in [5.41, 5.74) is 5.55. The zero-order valence-corrected chi connectivity index (χ0v) is 16.3. The number of nitrogens with one attached hydrogen (secondary N) is 1. The minimum atomic E-state index is -0.0677. The number of carbonyl (C=O) groups is 1. The molecule has 142 valence electrons. The lowest BCUT2D eigenvalue weighted by atomic mass is 10.1. The van der Waals surface area contributed by atoms with E-state index >= 15 is 0 Å². The summed E-state index contributed by atoms with van der Waals surface area (Å²) in [5.74, 6) is -0.0677. The zero-order valence-electron chi connectivity index (χ0n) is 15.6. The average molecular weight is 385 g/mol. The van der Waals surface area contributed by atoms with E-state index in [0.29, 0.717) is 11.4 Å². The highest BCUT2D eigenvalue weighted by Gasteiger charge is 2.17. The SMILES string of the molecule is C/C(=N/NC(=O)CCN1CCN(c2ccccc2)CC1)c1cccc(Cl)c1. The molecule has 0 radical (unpaired) electrons. The Labute approximate surface area is 165 Å². The predicted octanol–water partition coefficient (Wildman–Crippen LogP) is 3.39. The van der Waals surface area contributed by atoms with E-state index in [0.717, 1.165) is 44.0 Å². The first-order chi connectivity index (χ1) is 13.1. The molecule has 1 aliphatic heterocycles. The van der Waals surface area contributed by atoms with Gasteiger partial charge >= 0.3 is 0 Å². The van der Waals surface area contributed by atoms with E-state index in [9.17, 15) is 4.79 Å². The van der Waals surface area contributed by atoms with Gasteiger partial charge in [-0.05, 0) is 36.8 Å². The second-order valence-corrected chi connectivity index (χ2v) is 7.09. The van der Waals surface area contributed by atoms with Crippen molar-refractivity contribution in [1.82, 2.24) is 10.3 Å². The van der Waals surface area contributed by atoms with Gasteiger partial charge in [-0.15, -0.1) is 0 Å². The molecule has 0 aliphatic carbocycles. The number of benzene rings is 2. The van der Waals surface area contributed by atoms with Gasteiger partial charge in [-0.25, -0.2) is 5.43 Å². The van der Waals surface area contributed by atoms with Crippen LogP contribution in [0.2, 0.25) is 5.02 Å². The summed E-state index contributed by atoms with van der Waals surface area (Å²) in [6.07, 6.45) is 0.442. The van der Waals surface area contributed by atoms with Gasteiger partial charge in [0.05, 0.1) is 5.71 Å². The number of amides is 1. The molecule has 0 unspecified atom stereocenters. The highest BCUT2D eigenvalue weighted by molar-refractivity contribution is 6.31. The van der Waals surface area contributed by atoms with Crippen LogP contribution in [0.3, 0.4) is 0 Å². The van der Waals surface area contributed by atoms with E-state index in [1.165, 1.54) is 5.69 Å². The van der Waals surface area contributed by atoms with Crippen molar-refractivity contribution in [2.45, 2.75) is 13.3 Å².